The summed E-state index contributed by atoms with van der Waals surface area (Å²) in [5, 5.41) is 0. The normalized spacial score (nSPS) is 11.0. The maximum atomic E-state index is 2.23. The van der Waals surface area contributed by atoms with Crippen molar-refractivity contribution >= 4 is 29.6 Å². The lowest BCUT2D eigenvalue weighted by atomic mass is 10.2. The van der Waals surface area contributed by atoms with Crippen LogP contribution in [-0.2, 0) is 0 Å². The Bertz CT molecular complexity index is 303. The highest BCUT2D eigenvalue weighted by atomic mass is 32.2. The molecule has 0 radical (unpaired) electrons. The quantitative estimate of drug-likeness (QED) is 0.687. The van der Waals surface area contributed by atoms with Gasteiger partial charge in [-0.15, -0.1) is 23.5 Å². The lowest BCUT2D eigenvalue weighted by molar-refractivity contribution is 1.25. The summed E-state index contributed by atoms with van der Waals surface area (Å²) in [7, 11) is 0. The van der Waals surface area contributed by atoms with Crippen molar-refractivity contribution in [1.29, 1.82) is 0 Å². The molecule has 1 aromatic carbocycles. The first-order valence-corrected chi connectivity index (χ1v) is 6.61. The van der Waals surface area contributed by atoms with Gasteiger partial charge in [-0.3, -0.25) is 0 Å². The SMILES string of the molecule is C/C=C/c1ccc(SC)c(SC)c1. The van der Waals surface area contributed by atoms with Gasteiger partial charge in [-0.1, -0.05) is 18.2 Å². The molecule has 0 aromatic heterocycles. The number of hydrogen-bond donors (Lipinski definition) is 0. The van der Waals surface area contributed by atoms with Gasteiger partial charge in [0.05, 0.1) is 0 Å². The second-order valence-electron chi connectivity index (χ2n) is 2.61. The molecule has 0 saturated heterocycles. The van der Waals surface area contributed by atoms with Gasteiger partial charge in [0.25, 0.3) is 0 Å². The molecule has 0 aliphatic rings. The smallest absolute Gasteiger partial charge is 0.0211 e. The first kappa shape index (κ1) is 10.7. The Morgan fingerprint density at radius 1 is 1.08 bits per heavy atom. The zero-order valence-corrected chi connectivity index (χ0v) is 9.84. The minimum Gasteiger partial charge on any atom is -0.128 e. The molecule has 0 heterocycles. The lowest BCUT2D eigenvalue weighted by Gasteiger charge is -2.04. The molecule has 1 rings (SSSR count). The van der Waals surface area contributed by atoms with Crippen molar-refractivity contribution in [2.45, 2.75) is 16.7 Å². The van der Waals surface area contributed by atoms with Crippen molar-refractivity contribution < 1.29 is 0 Å². The van der Waals surface area contributed by atoms with Crippen LogP contribution in [0.1, 0.15) is 12.5 Å². The van der Waals surface area contributed by atoms with E-state index in [1.54, 1.807) is 23.5 Å². The Morgan fingerprint density at radius 2 is 1.77 bits per heavy atom. The lowest BCUT2D eigenvalue weighted by Crippen LogP contribution is -1.79. The third kappa shape index (κ3) is 2.82. The van der Waals surface area contributed by atoms with Gasteiger partial charge >= 0.3 is 0 Å². The van der Waals surface area contributed by atoms with Crippen LogP contribution in [0.2, 0.25) is 0 Å². The Labute approximate surface area is 88.8 Å². The average molecular weight is 210 g/mol. The molecular formula is C11H14S2. The molecule has 0 atom stereocenters. The van der Waals surface area contributed by atoms with Crippen molar-refractivity contribution in [2.75, 3.05) is 12.5 Å². The average Bonchev–Trinajstić information content (AvgIpc) is 2.18. The highest BCUT2D eigenvalue weighted by Crippen LogP contribution is 2.29. The maximum absolute atomic E-state index is 2.23. The van der Waals surface area contributed by atoms with E-state index in [0.717, 1.165) is 0 Å². The van der Waals surface area contributed by atoms with Crippen molar-refractivity contribution in [3.8, 4) is 0 Å². The van der Waals surface area contributed by atoms with Crippen LogP contribution in [-0.4, -0.2) is 12.5 Å². The van der Waals surface area contributed by atoms with Gasteiger partial charge in [-0.25, -0.2) is 0 Å². The van der Waals surface area contributed by atoms with E-state index in [9.17, 15) is 0 Å². The third-order valence-electron chi connectivity index (χ3n) is 1.77. The van der Waals surface area contributed by atoms with Crippen LogP contribution in [0, 0.1) is 0 Å². The van der Waals surface area contributed by atoms with Gasteiger partial charge < -0.3 is 0 Å². The maximum Gasteiger partial charge on any atom is 0.0211 e. The summed E-state index contributed by atoms with van der Waals surface area (Å²) in [6, 6.07) is 6.58. The van der Waals surface area contributed by atoms with E-state index in [1.807, 2.05) is 6.92 Å². The molecule has 0 aliphatic carbocycles. The molecular weight excluding hydrogens is 196 g/mol. The van der Waals surface area contributed by atoms with Crippen molar-refractivity contribution in [3.63, 3.8) is 0 Å². The van der Waals surface area contributed by atoms with Gasteiger partial charge in [0.15, 0.2) is 0 Å². The summed E-state index contributed by atoms with van der Waals surface area (Å²) in [4.78, 5) is 2.73. The predicted molar refractivity (Wildman–Crippen MR) is 64.7 cm³/mol. The highest BCUT2D eigenvalue weighted by molar-refractivity contribution is 8.01. The number of allylic oxidation sites excluding steroid dienone is 1. The van der Waals surface area contributed by atoms with E-state index in [-0.39, 0.29) is 0 Å². The first-order valence-electron chi connectivity index (χ1n) is 4.16. The number of thioether (sulfide) groups is 2. The summed E-state index contributed by atoms with van der Waals surface area (Å²) in [5.41, 5.74) is 1.28. The van der Waals surface area contributed by atoms with Gasteiger partial charge in [0.1, 0.15) is 0 Å². The molecule has 0 saturated carbocycles. The van der Waals surface area contributed by atoms with E-state index in [1.165, 1.54) is 15.4 Å². The topological polar surface area (TPSA) is 0 Å². The minimum absolute atomic E-state index is 1.28. The molecule has 0 fully saturated rings. The largest absolute Gasteiger partial charge is 0.128 e. The number of rotatable bonds is 3. The van der Waals surface area contributed by atoms with Crippen molar-refractivity contribution in [3.05, 3.63) is 29.8 Å². The van der Waals surface area contributed by atoms with Crippen LogP contribution in [0.15, 0.2) is 34.1 Å². The first-order chi connectivity index (χ1) is 6.31. The van der Waals surface area contributed by atoms with Gasteiger partial charge in [0, 0.05) is 9.79 Å². The van der Waals surface area contributed by atoms with Gasteiger partial charge in [-0.2, -0.15) is 0 Å². The zero-order valence-electron chi connectivity index (χ0n) is 8.20. The van der Waals surface area contributed by atoms with Crippen LogP contribution in [0.25, 0.3) is 6.08 Å². The molecule has 0 N–H and O–H groups in total. The monoisotopic (exact) mass is 210 g/mol. The van der Waals surface area contributed by atoms with E-state index in [0.29, 0.717) is 0 Å². The second kappa shape index (κ2) is 5.40. The van der Waals surface area contributed by atoms with Crippen LogP contribution >= 0.6 is 23.5 Å². The van der Waals surface area contributed by atoms with Crippen LogP contribution in [0.3, 0.4) is 0 Å². The van der Waals surface area contributed by atoms with Gasteiger partial charge in [-0.05, 0) is 37.1 Å². The Hall–Kier alpha value is -0.340. The molecule has 0 aliphatic heterocycles. The summed E-state index contributed by atoms with van der Waals surface area (Å²) in [6.07, 6.45) is 8.43. The third-order valence-corrected chi connectivity index (χ3v) is 3.47. The summed E-state index contributed by atoms with van der Waals surface area (Å²) in [5.74, 6) is 0. The molecule has 0 bridgehead atoms. The molecule has 0 nitrogen and oxygen atoms in total. The number of hydrogen-bond acceptors (Lipinski definition) is 2. The predicted octanol–water partition coefficient (Wildman–Crippen LogP) is 4.16. The molecule has 0 spiro atoms. The molecule has 0 amide bonds. The van der Waals surface area contributed by atoms with Gasteiger partial charge in [0.2, 0.25) is 0 Å². The fourth-order valence-electron chi connectivity index (χ4n) is 1.15. The van der Waals surface area contributed by atoms with E-state index in [2.05, 4.69) is 42.9 Å². The molecule has 1 aromatic rings. The fraction of sp³-hybridized carbons (Fsp3) is 0.273. The Morgan fingerprint density at radius 3 is 2.31 bits per heavy atom. The minimum atomic E-state index is 1.28. The highest BCUT2D eigenvalue weighted by Gasteiger charge is 1.99. The zero-order chi connectivity index (χ0) is 9.68. The van der Waals surface area contributed by atoms with E-state index in [4.69, 9.17) is 0 Å². The van der Waals surface area contributed by atoms with E-state index >= 15 is 0 Å². The Kier molecular flexibility index (Phi) is 4.46. The van der Waals surface area contributed by atoms with Crippen LogP contribution < -0.4 is 0 Å². The molecule has 70 valence electrons. The standard InChI is InChI=1S/C11H14S2/c1-4-5-9-6-7-10(12-2)11(8-9)13-3/h4-8H,1-3H3/b5-4+. The van der Waals surface area contributed by atoms with Crippen molar-refractivity contribution in [2.24, 2.45) is 0 Å². The summed E-state index contributed by atoms with van der Waals surface area (Å²) >= 11 is 3.61. The summed E-state index contributed by atoms with van der Waals surface area (Å²) < 4.78 is 0. The van der Waals surface area contributed by atoms with Crippen LogP contribution in [0.5, 0.6) is 0 Å². The fourth-order valence-corrected chi connectivity index (χ4v) is 2.64. The van der Waals surface area contributed by atoms with E-state index < -0.39 is 0 Å². The summed E-state index contributed by atoms with van der Waals surface area (Å²) in [6.45, 7) is 2.04. The molecule has 0 unspecified atom stereocenters. The molecule has 2 heteroatoms. The van der Waals surface area contributed by atoms with Crippen LogP contribution in [0.4, 0.5) is 0 Å². The van der Waals surface area contributed by atoms with Crippen molar-refractivity contribution in [1.82, 2.24) is 0 Å². The Balaban J connectivity index is 3.05. The molecule has 13 heavy (non-hydrogen) atoms. The second-order valence-corrected chi connectivity index (χ2v) is 4.31. The number of benzene rings is 1.